The van der Waals surface area contributed by atoms with Crippen molar-refractivity contribution in [2.75, 3.05) is 0 Å². The van der Waals surface area contributed by atoms with Crippen molar-refractivity contribution in [1.29, 1.82) is 0 Å². The fourth-order valence-electron chi connectivity index (χ4n) is 2.97. The highest BCUT2D eigenvalue weighted by Crippen LogP contribution is 2.61. The number of carbonyl (C=O) groups excluding carboxylic acids is 1. The van der Waals surface area contributed by atoms with E-state index < -0.39 is 0 Å². The molecule has 2 atom stereocenters. The molecule has 1 saturated heterocycles. The normalized spacial score (nSPS) is 25.3. The van der Waals surface area contributed by atoms with Gasteiger partial charge in [-0.2, -0.15) is 0 Å². The van der Waals surface area contributed by atoms with Crippen molar-refractivity contribution in [3.05, 3.63) is 35.5 Å². The van der Waals surface area contributed by atoms with Crippen molar-refractivity contribution in [2.24, 2.45) is 0 Å². The first kappa shape index (κ1) is 14.7. The summed E-state index contributed by atoms with van der Waals surface area (Å²) in [5.41, 5.74) is 3.55. The number of nitrogens with zero attached hydrogens (tertiary/aromatic N) is 1. The van der Waals surface area contributed by atoms with Gasteiger partial charge in [-0.25, -0.2) is 0 Å². The smallest absolute Gasteiger partial charge is 0.228 e. The SMILES string of the molecule is CC(=O)n1c(C2(C)S[C@H]2C)cc2ccc(C(C)(C)C)cc21. The van der Waals surface area contributed by atoms with Crippen LogP contribution in [-0.2, 0) is 10.2 Å². The summed E-state index contributed by atoms with van der Waals surface area (Å²) in [5.74, 6) is 0.104. The molecule has 0 N–H and O–H groups in total. The summed E-state index contributed by atoms with van der Waals surface area (Å²) < 4.78 is 1.99. The molecule has 1 aliphatic rings. The van der Waals surface area contributed by atoms with Gasteiger partial charge >= 0.3 is 0 Å². The van der Waals surface area contributed by atoms with E-state index in [1.807, 2.05) is 16.3 Å². The van der Waals surface area contributed by atoms with E-state index in [0.717, 1.165) is 16.6 Å². The second-order valence-electron chi connectivity index (χ2n) is 7.27. The van der Waals surface area contributed by atoms with Crippen molar-refractivity contribution >= 4 is 28.6 Å². The summed E-state index contributed by atoms with van der Waals surface area (Å²) >= 11 is 1.93. The molecule has 0 amide bonds. The first-order chi connectivity index (χ1) is 9.64. The lowest BCUT2D eigenvalue weighted by atomic mass is 9.87. The minimum atomic E-state index is 0.0760. The molecule has 0 saturated carbocycles. The van der Waals surface area contributed by atoms with Gasteiger partial charge in [-0.15, -0.1) is 11.8 Å². The van der Waals surface area contributed by atoms with Gasteiger partial charge in [-0.05, 0) is 30.0 Å². The Balaban J connectivity index is 2.27. The highest BCUT2D eigenvalue weighted by Gasteiger charge is 2.51. The summed E-state index contributed by atoms with van der Waals surface area (Å²) in [5, 5.41) is 1.73. The molecule has 1 aromatic carbocycles. The zero-order valence-electron chi connectivity index (χ0n) is 13.7. The van der Waals surface area contributed by atoms with Crippen molar-refractivity contribution < 1.29 is 4.79 Å². The first-order valence-electron chi connectivity index (χ1n) is 7.50. The Morgan fingerprint density at radius 3 is 2.38 bits per heavy atom. The van der Waals surface area contributed by atoms with E-state index in [1.54, 1.807) is 6.92 Å². The highest BCUT2D eigenvalue weighted by molar-refractivity contribution is 8.08. The number of carbonyl (C=O) groups is 1. The molecule has 0 aliphatic carbocycles. The van der Waals surface area contributed by atoms with Crippen LogP contribution in [0.5, 0.6) is 0 Å². The van der Waals surface area contributed by atoms with Crippen LogP contribution in [0.25, 0.3) is 10.9 Å². The average molecular weight is 301 g/mol. The number of hydrogen-bond acceptors (Lipinski definition) is 2. The summed E-state index contributed by atoms with van der Waals surface area (Å²) in [4.78, 5) is 12.2. The van der Waals surface area contributed by atoms with Gasteiger partial charge < -0.3 is 0 Å². The molecule has 2 heterocycles. The van der Waals surface area contributed by atoms with Crippen molar-refractivity contribution in [1.82, 2.24) is 4.57 Å². The van der Waals surface area contributed by atoms with E-state index in [0.29, 0.717) is 5.25 Å². The molecule has 1 aromatic heterocycles. The molecule has 21 heavy (non-hydrogen) atoms. The van der Waals surface area contributed by atoms with Gasteiger partial charge in [-0.1, -0.05) is 39.8 Å². The van der Waals surface area contributed by atoms with Crippen molar-refractivity contribution in [3.63, 3.8) is 0 Å². The molecule has 112 valence electrons. The van der Waals surface area contributed by atoms with E-state index in [1.165, 1.54) is 5.56 Å². The van der Waals surface area contributed by atoms with Gasteiger partial charge in [0.05, 0.1) is 10.3 Å². The van der Waals surface area contributed by atoms with Gasteiger partial charge in [-0.3, -0.25) is 9.36 Å². The van der Waals surface area contributed by atoms with Crippen LogP contribution in [0.4, 0.5) is 0 Å². The molecule has 3 rings (SSSR count). The minimum Gasteiger partial charge on any atom is -0.283 e. The first-order valence-corrected chi connectivity index (χ1v) is 8.38. The van der Waals surface area contributed by atoms with Crippen LogP contribution in [0.2, 0.25) is 0 Å². The van der Waals surface area contributed by atoms with Crippen LogP contribution in [-0.4, -0.2) is 15.7 Å². The molecule has 0 spiro atoms. The summed E-state index contributed by atoms with van der Waals surface area (Å²) in [6, 6.07) is 8.71. The molecule has 0 radical (unpaired) electrons. The number of benzene rings is 1. The van der Waals surface area contributed by atoms with E-state index in [9.17, 15) is 4.79 Å². The topological polar surface area (TPSA) is 22.0 Å². The molecular weight excluding hydrogens is 278 g/mol. The molecule has 1 unspecified atom stereocenters. The Morgan fingerprint density at radius 1 is 1.29 bits per heavy atom. The maximum atomic E-state index is 12.2. The fraction of sp³-hybridized carbons (Fsp3) is 0.500. The Bertz CT molecular complexity index is 737. The largest absolute Gasteiger partial charge is 0.283 e. The second kappa shape index (κ2) is 4.39. The summed E-state index contributed by atoms with van der Waals surface area (Å²) in [6.07, 6.45) is 0. The Morgan fingerprint density at radius 2 is 1.90 bits per heavy atom. The van der Waals surface area contributed by atoms with Gasteiger partial charge in [0.25, 0.3) is 0 Å². The Kier molecular flexibility index (Phi) is 3.07. The fourth-order valence-corrected chi connectivity index (χ4v) is 4.03. The van der Waals surface area contributed by atoms with E-state index >= 15 is 0 Å². The van der Waals surface area contributed by atoms with Crippen LogP contribution in [0, 0.1) is 0 Å². The average Bonchev–Trinajstić information content (AvgIpc) is 2.84. The van der Waals surface area contributed by atoms with E-state index in [2.05, 4.69) is 58.9 Å². The zero-order valence-corrected chi connectivity index (χ0v) is 14.5. The van der Waals surface area contributed by atoms with Crippen LogP contribution in [0.3, 0.4) is 0 Å². The van der Waals surface area contributed by atoms with Gasteiger partial charge in [0.1, 0.15) is 0 Å². The number of aromatic nitrogens is 1. The third-order valence-electron chi connectivity index (χ3n) is 4.63. The monoisotopic (exact) mass is 301 g/mol. The molecule has 2 nitrogen and oxygen atoms in total. The third kappa shape index (κ3) is 2.22. The lowest BCUT2D eigenvalue weighted by molar-refractivity contribution is 0.0937. The Hall–Kier alpha value is -1.22. The van der Waals surface area contributed by atoms with Crippen LogP contribution in [0.15, 0.2) is 24.3 Å². The number of rotatable bonds is 1. The molecule has 3 heteroatoms. The molecule has 0 bridgehead atoms. The lowest BCUT2D eigenvalue weighted by Crippen LogP contribution is -2.17. The lowest BCUT2D eigenvalue weighted by Gasteiger charge is -2.19. The molecular formula is C18H23NOS. The maximum absolute atomic E-state index is 12.2. The maximum Gasteiger partial charge on any atom is 0.228 e. The predicted molar refractivity (Wildman–Crippen MR) is 91.3 cm³/mol. The third-order valence-corrected chi connectivity index (χ3v) is 6.26. The highest BCUT2D eigenvalue weighted by atomic mass is 32.2. The Labute approximate surface area is 130 Å². The molecule has 1 aliphatic heterocycles. The summed E-state index contributed by atoms with van der Waals surface area (Å²) in [6.45, 7) is 12.7. The van der Waals surface area contributed by atoms with E-state index in [4.69, 9.17) is 0 Å². The zero-order chi connectivity index (χ0) is 15.6. The second-order valence-corrected chi connectivity index (χ2v) is 9.07. The summed E-state index contributed by atoms with van der Waals surface area (Å²) in [7, 11) is 0. The van der Waals surface area contributed by atoms with Gasteiger partial charge in [0.2, 0.25) is 5.91 Å². The predicted octanol–water partition coefficient (Wildman–Crippen LogP) is 4.95. The molecule has 2 aromatic rings. The standard InChI is InChI=1S/C18H23NOS/c1-11-18(6,21-11)16-9-13-7-8-14(17(3,4)5)10-15(13)19(16)12(2)20/h7-11H,1-6H3/t11-,18?/m0/s1. The van der Waals surface area contributed by atoms with E-state index in [-0.39, 0.29) is 16.1 Å². The number of thioether (sulfide) groups is 1. The minimum absolute atomic E-state index is 0.0760. The van der Waals surface area contributed by atoms with Crippen LogP contribution in [0.1, 0.15) is 57.6 Å². The van der Waals surface area contributed by atoms with Crippen molar-refractivity contribution in [3.8, 4) is 0 Å². The van der Waals surface area contributed by atoms with Gasteiger partial charge in [0, 0.05) is 23.3 Å². The quantitative estimate of drug-likeness (QED) is 0.695. The molecule has 1 fully saturated rings. The van der Waals surface area contributed by atoms with Gasteiger partial charge in [0.15, 0.2) is 0 Å². The van der Waals surface area contributed by atoms with Crippen molar-refractivity contribution in [2.45, 2.75) is 57.0 Å². The van der Waals surface area contributed by atoms with Crippen LogP contribution >= 0.6 is 11.8 Å². The number of hydrogen-bond donors (Lipinski definition) is 0. The van der Waals surface area contributed by atoms with Crippen LogP contribution < -0.4 is 0 Å². The number of fused-ring (bicyclic) bond motifs is 1.